The van der Waals surface area contributed by atoms with Crippen molar-refractivity contribution in [2.45, 2.75) is 25.4 Å². The number of hydrogen-bond acceptors (Lipinski definition) is 4. The Hall–Kier alpha value is -1.33. The fourth-order valence-corrected chi connectivity index (χ4v) is 3.01. The molecule has 0 aromatic carbocycles. The third kappa shape index (κ3) is 2.28. The van der Waals surface area contributed by atoms with E-state index < -0.39 is 5.97 Å². The zero-order valence-corrected chi connectivity index (χ0v) is 10.3. The molecule has 0 aliphatic carbocycles. The summed E-state index contributed by atoms with van der Waals surface area (Å²) in [4.78, 5) is 13.2. The van der Waals surface area contributed by atoms with Crippen molar-refractivity contribution in [1.29, 1.82) is 0 Å². The molecule has 98 valence electrons. The smallest absolute Gasteiger partial charge is 0.338 e. The quantitative estimate of drug-likeness (QED) is 0.839. The molecule has 3 fully saturated rings. The van der Waals surface area contributed by atoms with Crippen molar-refractivity contribution < 1.29 is 14.3 Å². The van der Waals surface area contributed by atoms with Crippen LogP contribution in [0.25, 0.3) is 0 Å². The molecule has 3 saturated heterocycles. The van der Waals surface area contributed by atoms with Gasteiger partial charge in [-0.05, 0) is 37.9 Å². The van der Waals surface area contributed by atoms with E-state index >= 15 is 0 Å². The molecule has 2 N–H and O–H groups in total. The lowest BCUT2D eigenvalue weighted by Crippen LogP contribution is -2.55. The zero-order valence-electron chi connectivity index (χ0n) is 10.3. The molecular weight excluding hydrogens is 232 g/mol. The molecule has 4 heterocycles. The van der Waals surface area contributed by atoms with Crippen molar-refractivity contribution in [2.75, 3.05) is 19.6 Å². The summed E-state index contributed by atoms with van der Waals surface area (Å²) in [5.74, 6) is 0.528. The first-order valence-electron chi connectivity index (χ1n) is 6.49. The van der Waals surface area contributed by atoms with Crippen LogP contribution in [0.1, 0.15) is 29.0 Å². The number of nitrogens with zero attached hydrogens (tertiary/aromatic N) is 1. The highest BCUT2D eigenvalue weighted by atomic mass is 16.4. The predicted octanol–water partition coefficient (Wildman–Crippen LogP) is 1.16. The maximum Gasteiger partial charge on any atom is 0.338 e. The number of carboxylic acids is 1. The predicted molar refractivity (Wildman–Crippen MR) is 65.5 cm³/mol. The van der Waals surface area contributed by atoms with Crippen molar-refractivity contribution >= 4 is 5.97 Å². The molecule has 0 saturated carbocycles. The van der Waals surface area contributed by atoms with Crippen LogP contribution in [-0.2, 0) is 6.54 Å². The minimum absolute atomic E-state index is 0.223. The van der Waals surface area contributed by atoms with Gasteiger partial charge in [-0.3, -0.25) is 0 Å². The van der Waals surface area contributed by atoms with Crippen LogP contribution in [0.4, 0.5) is 0 Å². The van der Waals surface area contributed by atoms with Crippen LogP contribution in [0.3, 0.4) is 0 Å². The number of carbonyl (C=O) groups is 1. The lowest BCUT2D eigenvalue weighted by Gasteiger charge is -2.45. The first kappa shape index (κ1) is 11.7. The van der Waals surface area contributed by atoms with Gasteiger partial charge in [0.15, 0.2) is 0 Å². The van der Waals surface area contributed by atoms with Gasteiger partial charge < -0.3 is 19.7 Å². The van der Waals surface area contributed by atoms with Crippen molar-refractivity contribution in [1.82, 2.24) is 10.2 Å². The van der Waals surface area contributed by atoms with Crippen molar-refractivity contribution in [3.8, 4) is 0 Å². The molecule has 1 atom stereocenters. The van der Waals surface area contributed by atoms with Crippen LogP contribution in [0.5, 0.6) is 0 Å². The highest BCUT2D eigenvalue weighted by Crippen LogP contribution is 2.27. The molecular formula is C13H18N2O3. The Bertz CT molecular complexity index is 435. The highest BCUT2D eigenvalue weighted by Gasteiger charge is 2.33. The Labute approximate surface area is 106 Å². The van der Waals surface area contributed by atoms with Crippen molar-refractivity contribution in [3.05, 3.63) is 23.7 Å². The van der Waals surface area contributed by atoms with Crippen LogP contribution < -0.4 is 5.32 Å². The molecule has 2 bridgehead atoms. The van der Waals surface area contributed by atoms with Crippen LogP contribution >= 0.6 is 0 Å². The van der Waals surface area contributed by atoms with Gasteiger partial charge in [0.05, 0.1) is 12.1 Å². The average Bonchev–Trinajstić information content (AvgIpc) is 2.87. The third-order valence-corrected chi connectivity index (χ3v) is 4.10. The monoisotopic (exact) mass is 250 g/mol. The van der Waals surface area contributed by atoms with E-state index in [1.165, 1.54) is 32.2 Å². The molecule has 5 heteroatoms. The molecule has 0 radical (unpaired) electrons. The third-order valence-electron chi connectivity index (χ3n) is 4.10. The van der Waals surface area contributed by atoms with Gasteiger partial charge in [0.2, 0.25) is 0 Å². The van der Waals surface area contributed by atoms with E-state index in [0.29, 0.717) is 18.3 Å². The van der Waals surface area contributed by atoms with Crippen LogP contribution in [0.15, 0.2) is 16.7 Å². The second-order valence-electron chi connectivity index (χ2n) is 5.23. The van der Waals surface area contributed by atoms with E-state index in [0.717, 1.165) is 12.5 Å². The number of aromatic carboxylic acids is 1. The number of piperidine rings is 3. The minimum atomic E-state index is -0.937. The first-order chi connectivity index (χ1) is 8.72. The van der Waals surface area contributed by atoms with E-state index in [1.807, 2.05) is 0 Å². The van der Waals surface area contributed by atoms with Crippen molar-refractivity contribution in [2.24, 2.45) is 5.92 Å². The lowest BCUT2D eigenvalue weighted by molar-refractivity contribution is 0.0696. The Kier molecular flexibility index (Phi) is 3.09. The molecule has 4 rings (SSSR count). The fourth-order valence-electron chi connectivity index (χ4n) is 3.01. The van der Waals surface area contributed by atoms with E-state index in [1.54, 1.807) is 6.07 Å². The van der Waals surface area contributed by atoms with E-state index in [-0.39, 0.29) is 5.56 Å². The SMILES string of the molecule is O=C(O)c1coc(CNC2CN3CCC2CC3)c1. The van der Waals surface area contributed by atoms with Gasteiger partial charge in [0.1, 0.15) is 12.0 Å². The molecule has 1 unspecified atom stereocenters. The molecule has 5 nitrogen and oxygen atoms in total. The minimum Gasteiger partial charge on any atom is -0.478 e. The van der Waals surface area contributed by atoms with Gasteiger partial charge in [-0.2, -0.15) is 0 Å². The molecule has 0 amide bonds. The van der Waals surface area contributed by atoms with Gasteiger partial charge in [-0.15, -0.1) is 0 Å². The van der Waals surface area contributed by atoms with Gasteiger partial charge in [-0.1, -0.05) is 0 Å². The summed E-state index contributed by atoms with van der Waals surface area (Å²) in [7, 11) is 0. The maximum absolute atomic E-state index is 10.7. The number of fused-ring (bicyclic) bond motifs is 3. The fraction of sp³-hybridized carbons (Fsp3) is 0.615. The number of hydrogen-bond donors (Lipinski definition) is 2. The van der Waals surface area contributed by atoms with Crippen LogP contribution in [-0.4, -0.2) is 41.7 Å². The van der Waals surface area contributed by atoms with E-state index in [4.69, 9.17) is 9.52 Å². The molecule has 0 spiro atoms. The first-order valence-corrected chi connectivity index (χ1v) is 6.49. The second kappa shape index (κ2) is 4.74. The molecule has 1 aromatic heterocycles. The topological polar surface area (TPSA) is 65.7 Å². The van der Waals surface area contributed by atoms with Crippen molar-refractivity contribution in [3.63, 3.8) is 0 Å². The molecule has 3 aliphatic rings. The van der Waals surface area contributed by atoms with Gasteiger partial charge in [0.25, 0.3) is 0 Å². The summed E-state index contributed by atoms with van der Waals surface area (Å²) in [6.45, 7) is 4.18. The summed E-state index contributed by atoms with van der Waals surface area (Å²) in [5, 5.41) is 12.3. The van der Waals surface area contributed by atoms with Gasteiger partial charge in [0, 0.05) is 12.6 Å². The van der Waals surface area contributed by atoms with Gasteiger partial charge >= 0.3 is 5.97 Å². The number of carboxylic acid groups (broad SMARTS) is 1. The van der Waals surface area contributed by atoms with Gasteiger partial charge in [-0.25, -0.2) is 4.79 Å². The standard InChI is InChI=1S/C13H18N2O3/c16-13(17)10-5-11(18-8-10)6-14-12-7-15-3-1-9(12)2-4-15/h5,8-9,12,14H,1-4,6-7H2,(H,16,17). The Balaban J connectivity index is 1.56. The summed E-state index contributed by atoms with van der Waals surface area (Å²) >= 11 is 0. The highest BCUT2D eigenvalue weighted by molar-refractivity contribution is 5.87. The maximum atomic E-state index is 10.7. The molecule has 18 heavy (non-hydrogen) atoms. The molecule has 3 aliphatic heterocycles. The second-order valence-corrected chi connectivity index (χ2v) is 5.23. The summed E-state index contributed by atoms with van der Waals surface area (Å²) in [5.41, 5.74) is 0.223. The summed E-state index contributed by atoms with van der Waals surface area (Å²) in [6.07, 6.45) is 3.85. The van der Waals surface area contributed by atoms with E-state index in [2.05, 4.69) is 10.2 Å². The Morgan fingerprint density at radius 1 is 1.50 bits per heavy atom. The van der Waals surface area contributed by atoms with Crippen LogP contribution in [0.2, 0.25) is 0 Å². The van der Waals surface area contributed by atoms with Crippen LogP contribution in [0, 0.1) is 5.92 Å². The average molecular weight is 250 g/mol. The largest absolute Gasteiger partial charge is 0.478 e. The summed E-state index contributed by atoms with van der Waals surface area (Å²) < 4.78 is 5.24. The number of nitrogens with one attached hydrogen (secondary N) is 1. The number of rotatable bonds is 4. The summed E-state index contributed by atoms with van der Waals surface area (Å²) in [6, 6.07) is 2.11. The zero-order chi connectivity index (χ0) is 12.5. The normalized spacial score (nSPS) is 30.6. The lowest BCUT2D eigenvalue weighted by atomic mass is 9.84. The Morgan fingerprint density at radius 2 is 2.28 bits per heavy atom. The Morgan fingerprint density at radius 3 is 2.83 bits per heavy atom. The number of furan rings is 1. The molecule has 1 aromatic rings. The van der Waals surface area contributed by atoms with E-state index in [9.17, 15) is 4.79 Å².